The van der Waals surface area contributed by atoms with Crippen LogP contribution in [0.15, 0.2) is 76.4 Å². The fourth-order valence-corrected chi connectivity index (χ4v) is 5.89. The summed E-state index contributed by atoms with van der Waals surface area (Å²) in [5, 5.41) is 0. The van der Waals surface area contributed by atoms with E-state index in [0.29, 0.717) is 4.90 Å². The molecule has 4 rings (SSSR count). The van der Waals surface area contributed by atoms with Crippen molar-refractivity contribution in [3.63, 3.8) is 0 Å². The Kier molecular flexibility index (Phi) is 5.97. The van der Waals surface area contributed by atoms with Gasteiger partial charge in [0.1, 0.15) is 0 Å². The first-order chi connectivity index (χ1) is 14.4. The van der Waals surface area contributed by atoms with E-state index in [1.165, 1.54) is 0 Å². The SMILES string of the molecule is Cc1ccc(N(C2CCN(Cc3ccoc3)CC2)S(=O)(=O)c2cccc(C)c2)cc1. The Balaban J connectivity index is 1.61. The van der Waals surface area contributed by atoms with Crippen molar-refractivity contribution >= 4 is 15.7 Å². The van der Waals surface area contributed by atoms with Crippen molar-refractivity contribution in [2.24, 2.45) is 0 Å². The molecule has 0 atom stereocenters. The second kappa shape index (κ2) is 8.66. The highest BCUT2D eigenvalue weighted by Crippen LogP contribution is 2.31. The molecule has 2 heterocycles. The minimum absolute atomic E-state index is 0.0705. The first-order valence-electron chi connectivity index (χ1n) is 10.3. The van der Waals surface area contributed by atoms with Gasteiger partial charge in [-0.15, -0.1) is 0 Å². The van der Waals surface area contributed by atoms with Crippen molar-refractivity contribution in [1.82, 2.24) is 4.90 Å². The quantitative estimate of drug-likeness (QED) is 0.573. The zero-order chi connectivity index (χ0) is 21.1. The highest BCUT2D eigenvalue weighted by atomic mass is 32.2. The largest absolute Gasteiger partial charge is 0.472 e. The maximum Gasteiger partial charge on any atom is 0.264 e. The molecule has 30 heavy (non-hydrogen) atoms. The summed E-state index contributed by atoms with van der Waals surface area (Å²) in [6.07, 6.45) is 5.04. The molecule has 3 aromatic rings. The van der Waals surface area contributed by atoms with E-state index in [9.17, 15) is 8.42 Å². The Morgan fingerprint density at radius 1 is 1.00 bits per heavy atom. The number of furan rings is 1. The van der Waals surface area contributed by atoms with Crippen molar-refractivity contribution in [1.29, 1.82) is 0 Å². The number of benzene rings is 2. The van der Waals surface area contributed by atoms with Gasteiger partial charge in [0.05, 0.1) is 23.1 Å². The molecule has 0 radical (unpaired) electrons. The van der Waals surface area contributed by atoms with Gasteiger partial charge in [0, 0.05) is 31.2 Å². The molecule has 2 aromatic carbocycles. The molecule has 1 fully saturated rings. The van der Waals surface area contributed by atoms with Crippen LogP contribution in [-0.4, -0.2) is 32.4 Å². The first-order valence-corrected chi connectivity index (χ1v) is 11.8. The normalized spacial score (nSPS) is 15.9. The minimum atomic E-state index is -3.66. The van der Waals surface area contributed by atoms with Gasteiger partial charge in [0.15, 0.2) is 0 Å². The molecule has 1 saturated heterocycles. The lowest BCUT2D eigenvalue weighted by Crippen LogP contribution is -2.47. The lowest BCUT2D eigenvalue weighted by Gasteiger charge is -2.39. The smallest absolute Gasteiger partial charge is 0.264 e. The molecule has 1 aromatic heterocycles. The standard InChI is InChI=1S/C24H28N2O3S/c1-19-6-8-22(9-7-19)26(30(27,28)24-5-3-4-20(2)16-24)23-10-13-25(14-11-23)17-21-12-15-29-18-21/h3-9,12,15-16,18,23H,10-11,13-14,17H2,1-2H3. The number of likely N-dealkylation sites (tertiary alicyclic amines) is 1. The van der Waals surface area contributed by atoms with Crippen molar-refractivity contribution in [3.8, 4) is 0 Å². The summed E-state index contributed by atoms with van der Waals surface area (Å²) < 4.78 is 34.2. The number of anilines is 1. The van der Waals surface area contributed by atoms with Crippen LogP contribution in [-0.2, 0) is 16.6 Å². The van der Waals surface area contributed by atoms with Crippen LogP contribution in [0, 0.1) is 13.8 Å². The molecule has 0 bridgehead atoms. The summed E-state index contributed by atoms with van der Waals surface area (Å²) in [5.41, 5.74) is 3.93. The number of aryl methyl sites for hydroxylation is 2. The molecule has 1 aliphatic heterocycles. The average Bonchev–Trinajstić information content (AvgIpc) is 3.24. The monoisotopic (exact) mass is 424 g/mol. The van der Waals surface area contributed by atoms with Gasteiger partial charge in [0.25, 0.3) is 10.0 Å². The van der Waals surface area contributed by atoms with E-state index in [1.54, 1.807) is 29.0 Å². The Morgan fingerprint density at radius 2 is 1.73 bits per heavy atom. The maximum absolute atomic E-state index is 13.7. The van der Waals surface area contributed by atoms with Crippen LogP contribution < -0.4 is 4.31 Å². The van der Waals surface area contributed by atoms with Gasteiger partial charge in [-0.2, -0.15) is 0 Å². The number of sulfonamides is 1. The molecule has 6 heteroatoms. The fourth-order valence-electron chi connectivity index (χ4n) is 4.08. The Labute approximate surface area is 179 Å². The zero-order valence-electron chi connectivity index (χ0n) is 17.5. The second-order valence-electron chi connectivity index (χ2n) is 8.09. The fraction of sp³-hybridized carbons (Fsp3) is 0.333. The number of nitrogens with zero attached hydrogens (tertiary/aromatic N) is 2. The Morgan fingerprint density at radius 3 is 2.37 bits per heavy atom. The van der Waals surface area contributed by atoms with Gasteiger partial charge in [-0.1, -0.05) is 29.8 Å². The third kappa shape index (κ3) is 4.45. The van der Waals surface area contributed by atoms with E-state index in [1.807, 2.05) is 56.3 Å². The summed E-state index contributed by atoms with van der Waals surface area (Å²) in [5.74, 6) is 0. The van der Waals surface area contributed by atoms with E-state index in [2.05, 4.69) is 4.90 Å². The third-order valence-corrected chi connectivity index (χ3v) is 7.59. The van der Waals surface area contributed by atoms with E-state index in [0.717, 1.165) is 54.9 Å². The Hall–Kier alpha value is -2.57. The van der Waals surface area contributed by atoms with E-state index in [4.69, 9.17) is 4.42 Å². The van der Waals surface area contributed by atoms with E-state index < -0.39 is 10.0 Å². The molecule has 0 aliphatic carbocycles. The van der Waals surface area contributed by atoms with Gasteiger partial charge >= 0.3 is 0 Å². The molecule has 0 amide bonds. The van der Waals surface area contributed by atoms with Gasteiger partial charge in [-0.3, -0.25) is 9.21 Å². The van der Waals surface area contributed by atoms with Gasteiger partial charge in [-0.25, -0.2) is 8.42 Å². The molecular formula is C24H28N2O3S. The van der Waals surface area contributed by atoms with Crippen molar-refractivity contribution in [2.75, 3.05) is 17.4 Å². The zero-order valence-corrected chi connectivity index (χ0v) is 18.3. The van der Waals surface area contributed by atoms with E-state index >= 15 is 0 Å². The second-order valence-corrected chi connectivity index (χ2v) is 9.91. The summed E-state index contributed by atoms with van der Waals surface area (Å²) >= 11 is 0. The third-order valence-electron chi connectivity index (χ3n) is 5.71. The number of piperidine rings is 1. The van der Waals surface area contributed by atoms with Crippen LogP contribution in [0.5, 0.6) is 0 Å². The number of rotatable bonds is 6. The van der Waals surface area contributed by atoms with Crippen LogP contribution in [0.1, 0.15) is 29.5 Å². The van der Waals surface area contributed by atoms with Gasteiger partial charge in [-0.05, 0) is 62.6 Å². The molecule has 0 unspecified atom stereocenters. The first kappa shape index (κ1) is 20.7. The Bertz CT molecular complexity index is 1070. The minimum Gasteiger partial charge on any atom is -0.472 e. The lowest BCUT2D eigenvalue weighted by molar-refractivity contribution is 0.206. The topological polar surface area (TPSA) is 53.8 Å². The molecule has 1 aliphatic rings. The predicted molar refractivity (Wildman–Crippen MR) is 119 cm³/mol. The molecular weight excluding hydrogens is 396 g/mol. The van der Waals surface area contributed by atoms with Crippen LogP contribution in [0.4, 0.5) is 5.69 Å². The maximum atomic E-state index is 13.7. The highest BCUT2D eigenvalue weighted by molar-refractivity contribution is 7.92. The summed E-state index contributed by atoms with van der Waals surface area (Å²) in [4.78, 5) is 2.71. The molecule has 0 saturated carbocycles. The molecule has 5 nitrogen and oxygen atoms in total. The van der Waals surface area contributed by atoms with Crippen LogP contribution in [0.2, 0.25) is 0 Å². The van der Waals surface area contributed by atoms with Crippen molar-refractivity contribution in [3.05, 3.63) is 83.8 Å². The van der Waals surface area contributed by atoms with Crippen molar-refractivity contribution in [2.45, 2.75) is 44.2 Å². The number of hydrogen-bond acceptors (Lipinski definition) is 4. The average molecular weight is 425 g/mol. The van der Waals surface area contributed by atoms with Crippen molar-refractivity contribution < 1.29 is 12.8 Å². The van der Waals surface area contributed by atoms with Crippen LogP contribution in [0.3, 0.4) is 0 Å². The summed E-state index contributed by atoms with van der Waals surface area (Å²) in [7, 11) is -3.66. The number of hydrogen-bond donors (Lipinski definition) is 0. The van der Waals surface area contributed by atoms with Crippen LogP contribution in [0.25, 0.3) is 0 Å². The predicted octanol–water partition coefficient (Wildman–Crippen LogP) is 4.76. The molecule has 0 spiro atoms. The van der Waals surface area contributed by atoms with Gasteiger partial charge in [0.2, 0.25) is 0 Å². The molecule has 158 valence electrons. The summed E-state index contributed by atoms with van der Waals surface area (Å²) in [6, 6.07) is 16.9. The van der Waals surface area contributed by atoms with E-state index in [-0.39, 0.29) is 6.04 Å². The molecule has 0 N–H and O–H groups in total. The highest BCUT2D eigenvalue weighted by Gasteiger charge is 2.34. The van der Waals surface area contributed by atoms with Gasteiger partial charge < -0.3 is 4.42 Å². The lowest BCUT2D eigenvalue weighted by atomic mass is 10.0. The van der Waals surface area contributed by atoms with Crippen LogP contribution >= 0.6 is 0 Å². The summed E-state index contributed by atoms with van der Waals surface area (Å²) in [6.45, 7) is 6.46.